The summed E-state index contributed by atoms with van der Waals surface area (Å²) in [6.45, 7) is 0. The van der Waals surface area contributed by atoms with Gasteiger partial charge in [0.15, 0.2) is 0 Å². The van der Waals surface area contributed by atoms with Gasteiger partial charge in [0.2, 0.25) is 0 Å². The van der Waals surface area contributed by atoms with Gasteiger partial charge in [0.25, 0.3) is 0 Å². The van der Waals surface area contributed by atoms with Crippen LogP contribution in [0.15, 0.2) is 18.2 Å². The van der Waals surface area contributed by atoms with Gasteiger partial charge in [0, 0.05) is 10.0 Å². The van der Waals surface area contributed by atoms with Gasteiger partial charge in [-0.2, -0.15) is 0 Å². The third kappa shape index (κ3) is 4.71. The van der Waals surface area contributed by atoms with Gasteiger partial charge in [0.1, 0.15) is 6.04 Å². The molecule has 3 nitrogen and oxygen atoms in total. The third-order valence-corrected chi connectivity index (χ3v) is 2.13. The predicted octanol–water partition coefficient (Wildman–Crippen LogP) is 2.37. The Morgan fingerprint density at radius 3 is 2.20 bits per heavy atom. The topological polar surface area (TPSA) is 63.3 Å². The van der Waals surface area contributed by atoms with E-state index in [-0.39, 0.29) is 18.8 Å². The van der Waals surface area contributed by atoms with Gasteiger partial charge in [-0.05, 0) is 30.2 Å². The van der Waals surface area contributed by atoms with E-state index in [1.807, 2.05) is 0 Å². The summed E-state index contributed by atoms with van der Waals surface area (Å²) < 4.78 is 0. The average molecular weight is 271 g/mol. The summed E-state index contributed by atoms with van der Waals surface area (Å²) in [7, 11) is 0. The van der Waals surface area contributed by atoms with Crippen LogP contribution in [-0.2, 0) is 11.2 Å². The van der Waals surface area contributed by atoms with Gasteiger partial charge >= 0.3 is 5.97 Å². The van der Waals surface area contributed by atoms with Crippen LogP contribution in [0.3, 0.4) is 0 Å². The van der Waals surface area contributed by atoms with Crippen LogP contribution >= 0.6 is 35.6 Å². The average Bonchev–Trinajstić information content (AvgIpc) is 2.01. The Balaban J connectivity index is 0.00000196. The molecular formula is C9H10Cl3NO2. The van der Waals surface area contributed by atoms with Crippen LogP contribution in [0.4, 0.5) is 0 Å². The van der Waals surface area contributed by atoms with Crippen molar-refractivity contribution in [1.29, 1.82) is 0 Å². The molecule has 0 spiro atoms. The number of aliphatic carboxylic acids is 1. The molecule has 1 rings (SSSR count). The Hall–Kier alpha value is -0.480. The summed E-state index contributed by atoms with van der Waals surface area (Å²) >= 11 is 11.5. The Morgan fingerprint density at radius 2 is 1.80 bits per heavy atom. The highest BCUT2D eigenvalue weighted by molar-refractivity contribution is 6.34. The van der Waals surface area contributed by atoms with Gasteiger partial charge in [-0.25, -0.2) is 0 Å². The highest BCUT2D eigenvalue weighted by Gasteiger charge is 2.12. The fourth-order valence-corrected chi connectivity index (χ4v) is 1.64. The first-order valence-electron chi connectivity index (χ1n) is 3.92. The van der Waals surface area contributed by atoms with Crippen molar-refractivity contribution in [3.05, 3.63) is 33.8 Å². The molecule has 0 radical (unpaired) electrons. The standard InChI is InChI=1S/C9H9Cl2NO2.ClH/c10-6-1-5(2-7(11)4-6)3-8(12)9(13)14;/h1-2,4,8H,3,12H2,(H,13,14);1H. The van der Waals surface area contributed by atoms with Crippen LogP contribution < -0.4 is 5.73 Å². The molecule has 0 saturated heterocycles. The van der Waals surface area contributed by atoms with E-state index in [0.717, 1.165) is 5.56 Å². The lowest BCUT2D eigenvalue weighted by atomic mass is 10.1. The summed E-state index contributed by atoms with van der Waals surface area (Å²) in [5.74, 6) is -1.04. The fraction of sp³-hybridized carbons (Fsp3) is 0.222. The lowest BCUT2D eigenvalue weighted by Crippen LogP contribution is -2.32. The van der Waals surface area contributed by atoms with Gasteiger partial charge in [-0.1, -0.05) is 23.2 Å². The summed E-state index contributed by atoms with van der Waals surface area (Å²) in [6.07, 6.45) is 0.218. The lowest BCUT2D eigenvalue weighted by molar-refractivity contribution is -0.138. The van der Waals surface area contributed by atoms with Crippen molar-refractivity contribution >= 4 is 41.6 Å². The van der Waals surface area contributed by atoms with E-state index in [1.165, 1.54) is 0 Å². The summed E-state index contributed by atoms with van der Waals surface area (Å²) in [5, 5.41) is 9.54. The maximum atomic E-state index is 10.5. The van der Waals surface area contributed by atoms with Crippen molar-refractivity contribution in [3.8, 4) is 0 Å². The molecule has 0 aliphatic carbocycles. The quantitative estimate of drug-likeness (QED) is 0.886. The number of rotatable bonds is 3. The second kappa shape index (κ2) is 6.18. The first kappa shape index (κ1) is 14.5. The van der Waals surface area contributed by atoms with E-state index in [1.54, 1.807) is 18.2 Å². The maximum absolute atomic E-state index is 10.5. The minimum absolute atomic E-state index is 0. The van der Waals surface area contributed by atoms with Crippen molar-refractivity contribution in [2.24, 2.45) is 5.73 Å². The number of hydrogen-bond donors (Lipinski definition) is 2. The van der Waals surface area contributed by atoms with Gasteiger partial charge in [-0.3, -0.25) is 4.79 Å². The van der Waals surface area contributed by atoms with Crippen molar-refractivity contribution in [3.63, 3.8) is 0 Å². The molecular weight excluding hydrogens is 260 g/mol. The van der Waals surface area contributed by atoms with Crippen LogP contribution in [0, 0.1) is 0 Å². The van der Waals surface area contributed by atoms with E-state index in [4.69, 9.17) is 34.0 Å². The molecule has 1 unspecified atom stereocenters. The van der Waals surface area contributed by atoms with Crippen LogP contribution in [0.2, 0.25) is 10.0 Å². The molecule has 0 fully saturated rings. The SMILES string of the molecule is Cl.NC(Cc1cc(Cl)cc(Cl)c1)C(=O)O. The molecule has 6 heteroatoms. The van der Waals surface area contributed by atoms with Crippen LogP contribution in [0.25, 0.3) is 0 Å². The van der Waals surface area contributed by atoms with Gasteiger partial charge < -0.3 is 10.8 Å². The number of carboxylic acids is 1. The second-order valence-corrected chi connectivity index (χ2v) is 3.80. The van der Waals surface area contributed by atoms with Crippen LogP contribution in [-0.4, -0.2) is 17.1 Å². The first-order valence-corrected chi connectivity index (χ1v) is 4.68. The Kier molecular flexibility index (Phi) is 5.98. The molecule has 1 atom stereocenters. The Morgan fingerprint density at radius 1 is 1.33 bits per heavy atom. The number of hydrogen-bond acceptors (Lipinski definition) is 2. The summed E-state index contributed by atoms with van der Waals surface area (Å²) in [5.41, 5.74) is 6.08. The number of carbonyl (C=O) groups is 1. The highest BCUT2D eigenvalue weighted by atomic mass is 35.5. The van der Waals surface area contributed by atoms with Gasteiger partial charge in [-0.15, -0.1) is 12.4 Å². The molecule has 0 bridgehead atoms. The smallest absolute Gasteiger partial charge is 0.320 e. The summed E-state index contributed by atoms with van der Waals surface area (Å²) in [6, 6.07) is 3.95. The number of carboxylic acid groups (broad SMARTS) is 1. The number of benzene rings is 1. The van der Waals surface area contributed by atoms with E-state index >= 15 is 0 Å². The molecule has 84 valence electrons. The normalized spacial score (nSPS) is 11.7. The zero-order chi connectivity index (χ0) is 10.7. The third-order valence-electron chi connectivity index (χ3n) is 1.70. The molecule has 0 aromatic heterocycles. The molecule has 0 heterocycles. The molecule has 1 aromatic carbocycles. The van der Waals surface area contributed by atoms with Crippen LogP contribution in [0.1, 0.15) is 5.56 Å². The van der Waals surface area contributed by atoms with Crippen molar-refractivity contribution in [2.45, 2.75) is 12.5 Å². The molecule has 0 amide bonds. The maximum Gasteiger partial charge on any atom is 0.320 e. The summed E-state index contributed by atoms with van der Waals surface area (Å²) in [4.78, 5) is 10.5. The number of nitrogens with two attached hydrogens (primary N) is 1. The van der Waals surface area contributed by atoms with E-state index < -0.39 is 12.0 Å². The fourth-order valence-electron chi connectivity index (χ4n) is 1.07. The monoisotopic (exact) mass is 269 g/mol. The number of halogens is 3. The molecule has 0 saturated carbocycles. The largest absolute Gasteiger partial charge is 0.480 e. The minimum atomic E-state index is -1.04. The van der Waals surface area contributed by atoms with Crippen LogP contribution in [0.5, 0.6) is 0 Å². The molecule has 15 heavy (non-hydrogen) atoms. The highest BCUT2D eigenvalue weighted by Crippen LogP contribution is 2.19. The zero-order valence-corrected chi connectivity index (χ0v) is 9.94. The Bertz CT molecular complexity index is 337. The molecule has 0 aliphatic heterocycles. The molecule has 0 aliphatic rings. The van der Waals surface area contributed by atoms with Crippen molar-refractivity contribution in [2.75, 3.05) is 0 Å². The predicted molar refractivity (Wildman–Crippen MR) is 63.0 cm³/mol. The van der Waals surface area contributed by atoms with E-state index in [0.29, 0.717) is 10.0 Å². The zero-order valence-electron chi connectivity index (χ0n) is 7.61. The van der Waals surface area contributed by atoms with E-state index in [2.05, 4.69) is 0 Å². The van der Waals surface area contributed by atoms with E-state index in [9.17, 15) is 4.79 Å². The molecule has 3 N–H and O–H groups in total. The second-order valence-electron chi connectivity index (χ2n) is 2.93. The molecule has 1 aromatic rings. The Labute approximate surface area is 104 Å². The van der Waals surface area contributed by atoms with Crippen molar-refractivity contribution in [1.82, 2.24) is 0 Å². The van der Waals surface area contributed by atoms with Gasteiger partial charge in [0.05, 0.1) is 0 Å². The minimum Gasteiger partial charge on any atom is -0.480 e. The van der Waals surface area contributed by atoms with Crippen molar-refractivity contribution < 1.29 is 9.90 Å². The lowest BCUT2D eigenvalue weighted by Gasteiger charge is -2.06. The first-order chi connectivity index (χ1) is 6.49.